The summed E-state index contributed by atoms with van der Waals surface area (Å²) in [7, 11) is 0. The Morgan fingerprint density at radius 1 is 1.18 bits per heavy atom. The van der Waals surface area contributed by atoms with Crippen molar-refractivity contribution in [1.29, 1.82) is 0 Å². The standard InChI is InChI=1S/C19H19N7O2/c1-12(2)14-11-22-26-17(14)23-16(18(27)28)24-19(26)20-10-13-6-3-4-7-15(13)25-9-5-8-21-25/h3-9,11-12H,10H2,1-2H3,(H,27,28)(H,20,23,24). The molecule has 3 heterocycles. The van der Waals surface area contributed by atoms with Gasteiger partial charge in [-0.2, -0.15) is 19.7 Å². The van der Waals surface area contributed by atoms with Gasteiger partial charge in [0.25, 0.3) is 0 Å². The number of hydrogen-bond donors (Lipinski definition) is 2. The van der Waals surface area contributed by atoms with Crippen molar-refractivity contribution in [3.05, 3.63) is 65.9 Å². The van der Waals surface area contributed by atoms with E-state index in [9.17, 15) is 9.90 Å². The summed E-state index contributed by atoms with van der Waals surface area (Å²) in [6.45, 7) is 4.43. The van der Waals surface area contributed by atoms with Crippen LogP contribution in [0.3, 0.4) is 0 Å². The van der Waals surface area contributed by atoms with Gasteiger partial charge in [0.05, 0.1) is 11.9 Å². The Labute approximate surface area is 160 Å². The topological polar surface area (TPSA) is 110 Å². The van der Waals surface area contributed by atoms with Crippen LogP contribution in [-0.4, -0.2) is 40.4 Å². The molecule has 0 amide bonds. The summed E-state index contributed by atoms with van der Waals surface area (Å²) >= 11 is 0. The molecular weight excluding hydrogens is 358 g/mol. The molecule has 142 valence electrons. The van der Waals surface area contributed by atoms with E-state index in [2.05, 4.69) is 25.5 Å². The van der Waals surface area contributed by atoms with Crippen LogP contribution in [0.15, 0.2) is 48.9 Å². The van der Waals surface area contributed by atoms with Crippen LogP contribution in [0, 0.1) is 0 Å². The molecule has 0 aliphatic carbocycles. The van der Waals surface area contributed by atoms with Crippen LogP contribution in [0.4, 0.5) is 5.95 Å². The summed E-state index contributed by atoms with van der Waals surface area (Å²) in [6.07, 6.45) is 5.28. The van der Waals surface area contributed by atoms with Crippen LogP contribution in [0.5, 0.6) is 0 Å². The zero-order valence-electron chi connectivity index (χ0n) is 15.4. The van der Waals surface area contributed by atoms with Gasteiger partial charge in [0.15, 0.2) is 5.65 Å². The Morgan fingerprint density at radius 3 is 2.71 bits per heavy atom. The van der Waals surface area contributed by atoms with Crippen molar-refractivity contribution < 1.29 is 9.90 Å². The molecule has 0 saturated carbocycles. The molecule has 0 atom stereocenters. The second-order valence-electron chi connectivity index (χ2n) is 6.60. The Morgan fingerprint density at radius 2 is 2.00 bits per heavy atom. The Kier molecular flexibility index (Phi) is 4.48. The summed E-state index contributed by atoms with van der Waals surface area (Å²) in [5.41, 5.74) is 3.26. The van der Waals surface area contributed by atoms with Crippen LogP contribution < -0.4 is 5.32 Å². The number of nitrogens with one attached hydrogen (secondary N) is 1. The first-order valence-electron chi connectivity index (χ1n) is 8.85. The number of aromatic nitrogens is 6. The largest absolute Gasteiger partial charge is 0.475 e. The number of anilines is 1. The minimum Gasteiger partial charge on any atom is -0.475 e. The third kappa shape index (κ3) is 3.18. The maximum Gasteiger partial charge on any atom is 0.374 e. The second-order valence-corrected chi connectivity index (χ2v) is 6.60. The number of fused-ring (bicyclic) bond motifs is 1. The first-order valence-corrected chi connectivity index (χ1v) is 8.85. The lowest BCUT2D eigenvalue weighted by Gasteiger charge is -2.12. The molecule has 9 heteroatoms. The van der Waals surface area contributed by atoms with E-state index in [1.807, 2.05) is 50.4 Å². The van der Waals surface area contributed by atoms with Gasteiger partial charge in [0.2, 0.25) is 11.8 Å². The number of para-hydroxylation sites is 1. The highest BCUT2D eigenvalue weighted by molar-refractivity contribution is 5.84. The van der Waals surface area contributed by atoms with E-state index >= 15 is 0 Å². The number of carboxylic acid groups (broad SMARTS) is 1. The molecule has 0 radical (unpaired) electrons. The van der Waals surface area contributed by atoms with Crippen molar-refractivity contribution in [3.8, 4) is 5.69 Å². The van der Waals surface area contributed by atoms with Crippen molar-refractivity contribution in [2.75, 3.05) is 5.32 Å². The lowest BCUT2D eigenvalue weighted by atomic mass is 10.1. The van der Waals surface area contributed by atoms with Crippen molar-refractivity contribution >= 4 is 17.6 Å². The zero-order valence-corrected chi connectivity index (χ0v) is 15.4. The number of aromatic carboxylic acids is 1. The molecule has 0 aliphatic heterocycles. The van der Waals surface area contributed by atoms with E-state index in [1.54, 1.807) is 17.1 Å². The van der Waals surface area contributed by atoms with E-state index in [0.29, 0.717) is 18.1 Å². The molecule has 0 saturated heterocycles. The molecule has 0 unspecified atom stereocenters. The normalized spacial score (nSPS) is 11.2. The summed E-state index contributed by atoms with van der Waals surface area (Å²) in [5, 5.41) is 21.2. The minimum absolute atomic E-state index is 0.155. The third-order valence-corrected chi connectivity index (χ3v) is 4.39. The second kappa shape index (κ2) is 7.10. The van der Waals surface area contributed by atoms with Crippen molar-refractivity contribution in [3.63, 3.8) is 0 Å². The molecule has 0 aliphatic rings. The van der Waals surface area contributed by atoms with Gasteiger partial charge in [-0.3, -0.25) is 0 Å². The Balaban J connectivity index is 1.72. The van der Waals surface area contributed by atoms with E-state index in [-0.39, 0.29) is 11.7 Å². The van der Waals surface area contributed by atoms with E-state index in [1.165, 1.54) is 4.52 Å². The molecule has 4 rings (SSSR count). The predicted molar refractivity (Wildman–Crippen MR) is 103 cm³/mol. The number of hydrogen-bond acceptors (Lipinski definition) is 6. The lowest BCUT2D eigenvalue weighted by molar-refractivity contribution is 0.0683. The minimum atomic E-state index is -1.18. The summed E-state index contributed by atoms with van der Waals surface area (Å²) < 4.78 is 3.32. The highest BCUT2D eigenvalue weighted by atomic mass is 16.4. The fourth-order valence-electron chi connectivity index (χ4n) is 2.98. The van der Waals surface area contributed by atoms with Gasteiger partial charge in [-0.25, -0.2) is 14.5 Å². The zero-order chi connectivity index (χ0) is 19.7. The Bertz CT molecular complexity index is 1130. The van der Waals surface area contributed by atoms with Gasteiger partial charge in [-0.15, -0.1) is 0 Å². The van der Waals surface area contributed by atoms with Gasteiger partial charge < -0.3 is 10.4 Å². The smallest absolute Gasteiger partial charge is 0.374 e. The molecule has 3 aromatic heterocycles. The van der Waals surface area contributed by atoms with Crippen molar-refractivity contribution in [1.82, 2.24) is 29.4 Å². The van der Waals surface area contributed by atoms with E-state index < -0.39 is 5.97 Å². The molecule has 9 nitrogen and oxygen atoms in total. The summed E-state index contributed by atoms with van der Waals surface area (Å²) in [5.74, 6) is -0.969. The average Bonchev–Trinajstić information content (AvgIpc) is 3.36. The third-order valence-electron chi connectivity index (χ3n) is 4.39. The average molecular weight is 377 g/mol. The number of benzene rings is 1. The number of carboxylic acids is 1. The maximum atomic E-state index is 11.5. The molecule has 4 aromatic rings. The van der Waals surface area contributed by atoms with Crippen molar-refractivity contribution in [2.45, 2.75) is 26.3 Å². The molecular formula is C19H19N7O2. The molecule has 28 heavy (non-hydrogen) atoms. The Hall–Kier alpha value is -3.75. The van der Waals surface area contributed by atoms with Crippen LogP contribution in [0.2, 0.25) is 0 Å². The molecule has 0 bridgehead atoms. The predicted octanol–water partition coefficient (Wildman–Crippen LogP) is 2.74. The lowest BCUT2D eigenvalue weighted by Crippen LogP contribution is -2.15. The number of carbonyl (C=O) groups is 1. The van der Waals surface area contributed by atoms with Crippen LogP contribution >= 0.6 is 0 Å². The van der Waals surface area contributed by atoms with Gasteiger partial charge in [0.1, 0.15) is 0 Å². The SMILES string of the molecule is CC(C)c1cnn2c(NCc3ccccc3-n3cccn3)nc(C(=O)O)nc12. The summed E-state index contributed by atoms with van der Waals surface area (Å²) in [6, 6.07) is 9.67. The van der Waals surface area contributed by atoms with Crippen molar-refractivity contribution in [2.24, 2.45) is 0 Å². The number of rotatable bonds is 6. The molecule has 2 N–H and O–H groups in total. The molecule has 0 spiro atoms. The van der Waals surface area contributed by atoms with Crippen LogP contribution in [-0.2, 0) is 6.54 Å². The monoisotopic (exact) mass is 377 g/mol. The van der Waals surface area contributed by atoms with Crippen LogP contribution in [0.25, 0.3) is 11.3 Å². The van der Waals surface area contributed by atoms with Gasteiger partial charge in [0, 0.05) is 24.5 Å². The fraction of sp³-hybridized carbons (Fsp3) is 0.211. The molecule has 0 fully saturated rings. The number of nitrogens with zero attached hydrogens (tertiary/aromatic N) is 6. The van der Waals surface area contributed by atoms with E-state index in [0.717, 1.165) is 16.8 Å². The van der Waals surface area contributed by atoms with E-state index in [4.69, 9.17) is 0 Å². The molecule has 1 aromatic carbocycles. The van der Waals surface area contributed by atoms with Gasteiger partial charge in [-0.1, -0.05) is 32.0 Å². The first-order chi connectivity index (χ1) is 13.5. The van der Waals surface area contributed by atoms with Gasteiger partial charge in [-0.05, 0) is 23.6 Å². The van der Waals surface area contributed by atoms with Gasteiger partial charge >= 0.3 is 5.97 Å². The summed E-state index contributed by atoms with van der Waals surface area (Å²) in [4.78, 5) is 19.8. The highest BCUT2D eigenvalue weighted by Crippen LogP contribution is 2.22. The quantitative estimate of drug-likeness (QED) is 0.531. The fourth-order valence-corrected chi connectivity index (χ4v) is 2.98. The van der Waals surface area contributed by atoms with Crippen LogP contribution in [0.1, 0.15) is 41.5 Å². The first kappa shape index (κ1) is 17.7. The highest BCUT2D eigenvalue weighted by Gasteiger charge is 2.18. The maximum absolute atomic E-state index is 11.5.